The van der Waals surface area contributed by atoms with E-state index in [1.165, 1.54) is 0 Å². The first-order valence-electron chi connectivity index (χ1n) is 7.92. The van der Waals surface area contributed by atoms with Crippen molar-refractivity contribution < 1.29 is 4.43 Å². The Morgan fingerprint density at radius 1 is 1.04 bits per heavy atom. The second kappa shape index (κ2) is 7.84. The van der Waals surface area contributed by atoms with Gasteiger partial charge in [-0.1, -0.05) is 42.5 Å². The van der Waals surface area contributed by atoms with Gasteiger partial charge in [0.05, 0.1) is 0 Å². The Hall–Kier alpha value is -2.26. The van der Waals surface area contributed by atoms with E-state index < -0.39 is 8.32 Å². The van der Waals surface area contributed by atoms with Crippen LogP contribution in [-0.4, -0.2) is 8.32 Å². The van der Waals surface area contributed by atoms with E-state index in [1.54, 1.807) is 0 Å². The number of benzene rings is 1. The highest BCUT2D eigenvalue weighted by molar-refractivity contribution is 6.70. The maximum Gasteiger partial charge on any atom is 0.242 e. The zero-order valence-electron chi connectivity index (χ0n) is 14.3. The van der Waals surface area contributed by atoms with Crippen LogP contribution in [0.1, 0.15) is 12.5 Å². The molecule has 1 aliphatic rings. The molecule has 1 aliphatic heterocycles. The second-order valence-corrected chi connectivity index (χ2v) is 10.7. The smallest absolute Gasteiger partial charge is 0.242 e. The fourth-order valence-electron chi connectivity index (χ4n) is 2.22. The van der Waals surface area contributed by atoms with Gasteiger partial charge in [0.15, 0.2) is 0 Å². The van der Waals surface area contributed by atoms with E-state index in [-0.39, 0.29) is 0 Å². The Morgan fingerprint density at radius 3 is 2.43 bits per heavy atom. The molecule has 2 nitrogen and oxygen atoms in total. The third-order valence-corrected chi connectivity index (χ3v) is 4.00. The van der Waals surface area contributed by atoms with Crippen molar-refractivity contribution in [3.05, 3.63) is 89.5 Å². The van der Waals surface area contributed by atoms with Crippen LogP contribution in [0.2, 0.25) is 19.6 Å². The van der Waals surface area contributed by atoms with Crippen LogP contribution in [-0.2, 0) is 4.43 Å². The average molecular weight is 324 g/mol. The Labute approximate surface area is 140 Å². The topological polar surface area (TPSA) is 21.3 Å². The van der Waals surface area contributed by atoms with E-state index in [1.807, 2.05) is 55.6 Å². The van der Waals surface area contributed by atoms with Crippen LogP contribution in [0, 0.1) is 0 Å². The van der Waals surface area contributed by atoms with Crippen molar-refractivity contribution in [1.29, 1.82) is 0 Å². The largest absolute Gasteiger partial charge is 0.544 e. The second-order valence-electron chi connectivity index (χ2n) is 6.30. The van der Waals surface area contributed by atoms with Gasteiger partial charge in [-0.15, -0.1) is 0 Å². The number of allylic oxidation sites excluding steroid dienone is 5. The van der Waals surface area contributed by atoms with E-state index in [0.717, 1.165) is 22.6 Å². The summed E-state index contributed by atoms with van der Waals surface area (Å²) in [6.45, 7) is 8.62. The van der Waals surface area contributed by atoms with E-state index in [4.69, 9.17) is 4.43 Å². The first-order chi connectivity index (χ1) is 11.0. The quantitative estimate of drug-likeness (QED) is 0.446. The zero-order chi connectivity index (χ0) is 16.7. The van der Waals surface area contributed by atoms with Crippen LogP contribution in [0.25, 0.3) is 6.08 Å². The third kappa shape index (κ3) is 5.46. The fraction of sp³-hybridized carbons (Fsp3) is 0.200. The van der Waals surface area contributed by atoms with Gasteiger partial charge in [0.2, 0.25) is 8.32 Å². The van der Waals surface area contributed by atoms with Crippen LogP contribution >= 0.6 is 0 Å². The molecule has 1 aromatic rings. The van der Waals surface area contributed by atoms with Crippen molar-refractivity contribution >= 4 is 14.4 Å². The first kappa shape index (κ1) is 17.1. The molecule has 2 rings (SSSR count). The lowest BCUT2D eigenvalue weighted by molar-refractivity contribution is 0.433. The highest BCUT2D eigenvalue weighted by Gasteiger charge is 2.21. The zero-order valence-corrected chi connectivity index (χ0v) is 15.3. The van der Waals surface area contributed by atoms with E-state index in [0.29, 0.717) is 0 Å². The predicted octanol–water partition coefficient (Wildman–Crippen LogP) is 5.38. The van der Waals surface area contributed by atoms with E-state index in [9.17, 15) is 0 Å². The molecular weight excluding hydrogens is 298 g/mol. The van der Waals surface area contributed by atoms with Gasteiger partial charge >= 0.3 is 0 Å². The van der Waals surface area contributed by atoms with Gasteiger partial charge in [-0.25, -0.2) is 0 Å². The fourth-order valence-corrected chi connectivity index (χ4v) is 3.11. The molecule has 0 saturated carbocycles. The molecular formula is C20H25NOSi. The summed E-state index contributed by atoms with van der Waals surface area (Å²) in [6, 6.07) is 10.3. The number of hydrogen-bond acceptors (Lipinski definition) is 2. The number of hydrogen-bond donors (Lipinski definition) is 1. The molecule has 0 saturated heterocycles. The maximum absolute atomic E-state index is 6.32. The van der Waals surface area contributed by atoms with Crippen LogP contribution in [0.15, 0.2) is 83.9 Å². The standard InChI is InChI=1S/C20H25NOSi/c1-5-20(22-23(2,3)4)18(16-17-12-8-6-9-13-17)19-14-10-7-11-15-21-19/h5-16,21H,1-4H3. The maximum atomic E-state index is 6.32. The minimum atomic E-state index is -1.70. The molecule has 1 aromatic carbocycles. The lowest BCUT2D eigenvalue weighted by Crippen LogP contribution is -2.26. The van der Waals surface area contributed by atoms with Gasteiger partial charge in [-0.3, -0.25) is 0 Å². The molecule has 0 amide bonds. The molecule has 0 unspecified atom stereocenters. The SMILES string of the molecule is CC=C(O[Si](C)(C)C)C(=Cc1ccccc1)C1=CC=CC=CN1. The Balaban J connectivity index is 2.47. The molecule has 0 radical (unpaired) electrons. The van der Waals surface area contributed by atoms with Crippen molar-refractivity contribution in [1.82, 2.24) is 5.32 Å². The Kier molecular flexibility index (Phi) is 5.82. The number of nitrogens with one attached hydrogen (secondary N) is 1. The highest BCUT2D eigenvalue weighted by atomic mass is 28.4. The third-order valence-electron chi connectivity index (χ3n) is 3.16. The summed E-state index contributed by atoms with van der Waals surface area (Å²) in [5.41, 5.74) is 3.25. The van der Waals surface area contributed by atoms with Crippen molar-refractivity contribution in [3.63, 3.8) is 0 Å². The van der Waals surface area contributed by atoms with Crippen molar-refractivity contribution in [2.45, 2.75) is 26.6 Å². The normalized spacial score (nSPS) is 15.7. The molecule has 1 N–H and O–H groups in total. The molecule has 0 fully saturated rings. The van der Waals surface area contributed by atoms with Gasteiger partial charge in [0.25, 0.3) is 0 Å². The highest BCUT2D eigenvalue weighted by Crippen LogP contribution is 2.26. The Morgan fingerprint density at radius 2 is 1.78 bits per heavy atom. The Bertz CT molecular complexity index is 673. The minimum absolute atomic E-state index is 0.926. The summed E-state index contributed by atoms with van der Waals surface area (Å²) >= 11 is 0. The van der Waals surface area contributed by atoms with Crippen molar-refractivity contribution in [3.8, 4) is 0 Å². The van der Waals surface area contributed by atoms with Crippen LogP contribution in [0.5, 0.6) is 0 Å². The summed E-state index contributed by atoms with van der Waals surface area (Å²) < 4.78 is 6.32. The van der Waals surface area contributed by atoms with Gasteiger partial charge in [-0.05, 0) is 56.4 Å². The van der Waals surface area contributed by atoms with Crippen LogP contribution in [0.4, 0.5) is 0 Å². The lowest BCUT2D eigenvalue weighted by Gasteiger charge is -2.24. The average Bonchev–Trinajstić information content (AvgIpc) is 2.80. The minimum Gasteiger partial charge on any atom is -0.544 e. The monoisotopic (exact) mass is 323 g/mol. The number of rotatable bonds is 5. The lowest BCUT2D eigenvalue weighted by atomic mass is 10.1. The van der Waals surface area contributed by atoms with E-state index >= 15 is 0 Å². The van der Waals surface area contributed by atoms with Crippen molar-refractivity contribution in [2.75, 3.05) is 0 Å². The van der Waals surface area contributed by atoms with Gasteiger partial charge in [0.1, 0.15) is 5.76 Å². The molecule has 1 heterocycles. The van der Waals surface area contributed by atoms with E-state index in [2.05, 4.69) is 49.2 Å². The van der Waals surface area contributed by atoms with Crippen LogP contribution < -0.4 is 5.32 Å². The van der Waals surface area contributed by atoms with Gasteiger partial charge in [-0.2, -0.15) is 0 Å². The van der Waals surface area contributed by atoms with Crippen molar-refractivity contribution in [2.24, 2.45) is 0 Å². The molecule has 0 aromatic heterocycles. The molecule has 0 bridgehead atoms. The first-order valence-corrected chi connectivity index (χ1v) is 11.3. The summed E-state index contributed by atoms with van der Waals surface area (Å²) in [6.07, 6.45) is 14.3. The molecule has 120 valence electrons. The van der Waals surface area contributed by atoms with Crippen LogP contribution in [0.3, 0.4) is 0 Å². The molecule has 23 heavy (non-hydrogen) atoms. The summed E-state index contributed by atoms with van der Waals surface area (Å²) in [5, 5.41) is 3.35. The molecule has 0 atom stereocenters. The summed E-state index contributed by atoms with van der Waals surface area (Å²) in [5.74, 6) is 0.926. The van der Waals surface area contributed by atoms with Gasteiger partial charge in [0, 0.05) is 17.5 Å². The summed E-state index contributed by atoms with van der Waals surface area (Å²) in [4.78, 5) is 0. The molecule has 0 aliphatic carbocycles. The molecule has 0 spiro atoms. The van der Waals surface area contributed by atoms with Gasteiger partial charge < -0.3 is 9.74 Å². The molecule has 3 heteroatoms. The predicted molar refractivity (Wildman–Crippen MR) is 102 cm³/mol. The summed E-state index contributed by atoms with van der Waals surface area (Å²) in [7, 11) is -1.70.